The van der Waals surface area contributed by atoms with E-state index in [4.69, 9.17) is 16.3 Å². The monoisotopic (exact) mass is 533 g/mol. The number of rotatable bonds is 6. The van der Waals surface area contributed by atoms with Gasteiger partial charge in [0, 0.05) is 23.3 Å². The number of carbonyl (C=O) groups is 3. The zero-order valence-electron chi connectivity index (χ0n) is 21.4. The SMILES string of the molecule is Cc1ccc(NC(=O)[C@@H]2[C@H]3C=C[C@]4(O3)[C@H](C(=O)NC3CCCCC3)N(Cc3ccc(Cl)cc3)C(=O)[C@@H]24)cc1. The molecule has 2 saturated heterocycles. The smallest absolute Gasteiger partial charge is 0.246 e. The maximum absolute atomic E-state index is 14.1. The Morgan fingerprint density at radius 1 is 1.03 bits per heavy atom. The van der Waals surface area contributed by atoms with Crippen LogP contribution in [0, 0.1) is 18.8 Å². The first-order valence-corrected chi connectivity index (χ1v) is 13.8. The fraction of sp³-hybridized carbons (Fsp3) is 0.433. The van der Waals surface area contributed by atoms with Crippen LogP contribution in [0.3, 0.4) is 0 Å². The summed E-state index contributed by atoms with van der Waals surface area (Å²) in [5.74, 6) is -2.24. The standard InChI is InChI=1S/C30H32ClN3O4/c1-18-7-13-22(14-8-18)32-27(35)24-23-15-16-30(38-23)25(24)29(37)34(17-19-9-11-20(31)12-10-19)26(30)28(36)33-21-5-3-2-4-6-21/h7-16,21,23-26H,2-6,17H2,1H3,(H,32,35)(H,33,36)/t23-,24-,25-,26+,30-/m1/s1. The Kier molecular flexibility index (Phi) is 6.52. The number of nitrogens with one attached hydrogen (secondary N) is 2. The van der Waals surface area contributed by atoms with Gasteiger partial charge in [-0.25, -0.2) is 0 Å². The van der Waals surface area contributed by atoms with E-state index in [1.165, 1.54) is 6.42 Å². The van der Waals surface area contributed by atoms with Crippen LogP contribution >= 0.6 is 11.6 Å². The van der Waals surface area contributed by atoms with Crippen LogP contribution in [0.15, 0.2) is 60.7 Å². The molecule has 0 aromatic heterocycles. The van der Waals surface area contributed by atoms with Crippen molar-refractivity contribution in [2.75, 3.05) is 5.32 Å². The van der Waals surface area contributed by atoms with E-state index in [0.29, 0.717) is 10.7 Å². The number of fused-ring (bicyclic) bond motifs is 1. The molecule has 38 heavy (non-hydrogen) atoms. The zero-order chi connectivity index (χ0) is 26.4. The van der Waals surface area contributed by atoms with Gasteiger partial charge < -0.3 is 20.3 Å². The third-order valence-corrected chi connectivity index (χ3v) is 8.71. The lowest BCUT2D eigenvalue weighted by Crippen LogP contribution is -2.56. The van der Waals surface area contributed by atoms with E-state index in [2.05, 4.69) is 10.6 Å². The number of amides is 3. The second-order valence-electron chi connectivity index (χ2n) is 11.0. The number of hydrogen-bond acceptors (Lipinski definition) is 4. The minimum Gasteiger partial charge on any atom is -0.359 e. The lowest BCUT2D eigenvalue weighted by Gasteiger charge is -2.34. The summed E-state index contributed by atoms with van der Waals surface area (Å²) in [4.78, 5) is 43.1. The summed E-state index contributed by atoms with van der Waals surface area (Å²) >= 11 is 6.08. The molecular weight excluding hydrogens is 502 g/mol. The summed E-state index contributed by atoms with van der Waals surface area (Å²) in [6.07, 6.45) is 8.33. The lowest BCUT2D eigenvalue weighted by molar-refractivity contribution is -0.142. The first kappa shape index (κ1) is 25.1. The van der Waals surface area contributed by atoms with Gasteiger partial charge in [0.1, 0.15) is 11.6 Å². The number of carbonyl (C=O) groups excluding carboxylic acids is 3. The fourth-order valence-electron chi connectivity index (χ4n) is 6.61. The van der Waals surface area contributed by atoms with Crippen LogP contribution in [0.5, 0.6) is 0 Å². The number of hydrogen-bond donors (Lipinski definition) is 2. The largest absolute Gasteiger partial charge is 0.359 e. The summed E-state index contributed by atoms with van der Waals surface area (Å²) in [5, 5.41) is 6.78. The van der Waals surface area contributed by atoms with Crippen molar-refractivity contribution in [3.05, 3.63) is 76.8 Å². The van der Waals surface area contributed by atoms with Crippen LogP contribution < -0.4 is 10.6 Å². The van der Waals surface area contributed by atoms with Gasteiger partial charge in [-0.05, 0) is 49.6 Å². The van der Waals surface area contributed by atoms with E-state index >= 15 is 0 Å². The second kappa shape index (κ2) is 9.86. The Hall–Kier alpha value is -3.16. The maximum atomic E-state index is 14.1. The first-order chi connectivity index (χ1) is 18.4. The number of likely N-dealkylation sites (tertiary alicyclic amines) is 1. The van der Waals surface area contributed by atoms with E-state index in [1.807, 2.05) is 55.5 Å². The van der Waals surface area contributed by atoms with Gasteiger partial charge in [-0.15, -0.1) is 0 Å². The second-order valence-corrected chi connectivity index (χ2v) is 11.4. The highest BCUT2D eigenvalue weighted by molar-refractivity contribution is 6.30. The molecule has 1 aliphatic carbocycles. The van der Waals surface area contributed by atoms with Gasteiger partial charge >= 0.3 is 0 Å². The van der Waals surface area contributed by atoms with Gasteiger partial charge in [0.15, 0.2) is 0 Å². The van der Waals surface area contributed by atoms with Crippen molar-refractivity contribution in [1.29, 1.82) is 0 Å². The molecule has 1 spiro atoms. The highest BCUT2D eigenvalue weighted by Gasteiger charge is 2.72. The number of aryl methyl sites for hydroxylation is 1. The van der Waals surface area contributed by atoms with Gasteiger partial charge in [0.05, 0.1) is 17.9 Å². The van der Waals surface area contributed by atoms with E-state index < -0.39 is 29.6 Å². The molecule has 1 saturated carbocycles. The molecule has 4 aliphatic rings. The third-order valence-electron chi connectivity index (χ3n) is 8.46. The number of benzene rings is 2. The molecule has 6 rings (SSSR count). The molecule has 3 fully saturated rings. The number of nitrogens with zero attached hydrogens (tertiary/aromatic N) is 1. The van der Waals surface area contributed by atoms with Crippen LogP contribution in [0.25, 0.3) is 0 Å². The molecule has 0 radical (unpaired) electrons. The van der Waals surface area contributed by atoms with E-state index in [0.717, 1.165) is 36.8 Å². The summed E-state index contributed by atoms with van der Waals surface area (Å²) in [6, 6.07) is 14.0. The molecule has 5 atom stereocenters. The van der Waals surface area contributed by atoms with Gasteiger partial charge in [-0.1, -0.05) is 72.8 Å². The van der Waals surface area contributed by atoms with Crippen molar-refractivity contribution in [2.24, 2.45) is 11.8 Å². The Balaban J connectivity index is 1.32. The van der Waals surface area contributed by atoms with Crippen molar-refractivity contribution in [1.82, 2.24) is 10.2 Å². The lowest BCUT2D eigenvalue weighted by atomic mass is 9.74. The normalized spacial score (nSPS) is 29.9. The predicted octanol–water partition coefficient (Wildman–Crippen LogP) is 4.39. The van der Waals surface area contributed by atoms with E-state index in [-0.39, 0.29) is 30.3 Å². The molecule has 8 heteroatoms. The molecule has 3 aliphatic heterocycles. The molecular formula is C30H32ClN3O4. The highest BCUT2D eigenvalue weighted by atomic mass is 35.5. The van der Waals surface area contributed by atoms with Crippen molar-refractivity contribution < 1.29 is 19.1 Å². The third kappa shape index (κ3) is 4.31. The average molecular weight is 534 g/mol. The maximum Gasteiger partial charge on any atom is 0.246 e. The predicted molar refractivity (Wildman–Crippen MR) is 144 cm³/mol. The molecule has 2 N–H and O–H groups in total. The van der Waals surface area contributed by atoms with Gasteiger partial charge in [0.25, 0.3) is 0 Å². The Morgan fingerprint density at radius 3 is 2.45 bits per heavy atom. The number of anilines is 1. The van der Waals surface area contributed by atoms with E-state index in [1.54, 1.807) is 17.0 Å². The van der Waals surface area contributed by atoms with Crippen LogP contribution in [0.2, 0.25) is 5.02 Å². The summed E-state index contributed by atoms with van der Waals surface area (Å²) in [5.41, 5.74) is 1.43. The van der Waals surface area contributed by atoms with Crippen molar-refractivity contribution >= 4 is 35.0 Å². The topological polar surface area (TPSA) is 87.7 Å². The van der Waals surface area contributed by atoms with Crippen molar-refractivity contribution in [3.63, 3.8) is 0 Å². The molecule has 2 aromatic rings. The molecule has 2 aromatic carbocycles. The molecule has 3 amide bonds. The molecule has 7 nitrogen and oxygen atoms in total. The number of halogens is 1. The average Bonchev–Trinajstić information content (AvgIpc) is 3.55. The molecule has 3 heterocycles. The van der Waals surface area contributed by atoms with Crippen LogP contribution in [0.4, 0.5) is 5.69 Å². The van der Waals surface area contributed by atoms with Crippen LogP contribution in [-0.4, -0.2) is 46.4 Å². The summed E-state index contributed by atoms with van der Waals surface area (Å²) < 4.78 is 6.44. The summed E-state index contributed by atoms with van der Waals surface area (Å²) in [7, 11) is 0. The number of ether oxygens (including phenoxy) is 1. The minimum atomic E-state index is -1.18. The Morgan fingerprint density at radius 2 is 1.74 bits per heavy atom. The van der Waals surface area contributed by atoms with Crippen LogP contribution in [-0.2, 0) is 25.7 Å². The Labute approximate surface area is 227 Å². The summed E-state index contributed by atoms with van der Waals surface area (Å²) in [6.45, 7) is 2.21. The minimum absolute atomic E-state index is 0.0856. The van der Waals surface area contributed by atoms with Gasteiger partial charge in [-0.2, -0.15) is 0 Å². The van der Waals surface area contributed by atoms with E-state index in [9.17, 15) is 14.4 Å². The van der Waals surface area contributed by atoms with Crippen molar-refractivity contribution in [3.8, 4) is 0 Å². The zero-order valence-corrected chi connectivity index (χ0v) is 22.1. The first-order valence-electron chi connectivity index (χ1n) is 13.5. The quantitative estimate of drug-likeness (QED) is 0.539. The molecule has 0 unspecified atom stereocenters. The Bertz CT molecular complexity index is 1270. The van der Waals surface area contributed by atoms with Gasteiger partial charge in [-0.3, -0.25) is 14.4 Å². The fourth-order valence-corrected chi connectivity index (χ4v) is 6.74. The van der Waals surface area contributed by atoms with Gasteiger partial charge in [0.2, 0.25) is 17.7 Å². The van der Waals surface area contributed by atoms with Crippen molar-refractivity contribution in [2.45, 2.75) is 69.4 Å². The molecule has 2 bridgehead atoms. The molecule has 198 valence electrons. The highest BCUT2D eigenvalue weighted by Crippen LogP contribution is 2.55. The van der Waals surface area contributed by atoms with Crippen LogP contribution in [0.1, 0.15) is 43.2 Å².